The number of nitrogens with one attached hydrogen (secondary N) is 1. The molecule has 2 aromatic rings. The number of aryl methyl sites for hydroxylation is 1. The number of hydrogen-bond acceptors (Lipinski definition) is 7. The number of urea groups is 1. The molecule has 0 saturated carbocycles. The van der Waals surface area contributed by atoms with E-state index in [2.05, 4.69) is 15.3 Å². The topological polar surface area (TPSA) is 110 Å². The van der Waals surface area contributed by atoms with Crippen molar-refractivity contribution in [2.75, 3.05) is 44.7 Å². The van der Waals surface area contributed by atoms with Crippen molar-refractivity contribution in [3.8, 4) is 0 Å². The highest BCUT2D eigenvalue weighted by Crippen LogP contribution is 2.26. The predicted octanol–water partition coefficient (Wildman–Crippen LogP) is 1.11. The van der Waals surface area contributed by atoms with E-state index in [9.17, 15) is 9.59 Å². The zero-order valence-electron chi connectivity index (χ0n) is 15.5. The van der Waals surface area contributed by atoms with Crippen LogP contribution in [0.4, 0.5) is 10.5 Å². The summed E-state index contributed by atoms with van der Waals surface area (Å²) < 4.78 is 17.0. The molecule has 2 aliphatic heterocycles. The van der Waals surface area contributed by atoms with Gasteiger partial charge < -0.3 is 29.0 Å². The van der Waals surface area contributed by atoms with Crippen LogP contribution >= 0.6 is 0 Å². The molecule has 2 fully saturated rings. The van der Waals surface area contributed by atoms with Crippen LogP contribution in [0.5, 0.6) is 0 Å². The van der Waals surface area contributed by atoms with Crippen molar-refractivity contribution >= 4 is 17.6 Å². The summed E-state index contributed by atoms with van der Waals surface area (Å²) in [5.41, 5.74) is 1.14. The zero-order chi connectivity index (χ0) is 19.6. The van der Waals surface area contributed by atoms with E-state index >= 15 is 0 Å². The molecular formula is C18H21N5O5. The molecule has 3 amide bonds. The maximum atomic E-state index is 12.7. The molecule has 4 heterocycles. The van der Waals surface area contributed by atoms with Crippen molar-refractivity contribution in [2.24, 2.45) is 0 Å². The summed E-state index contributed by atoms with van der Waals surface area (Å²) in [4.78, 5) is 36.5. The van der Waals surface area contributed by atoms with Gasteiger partial charge >= 0.3 is 6.03 Å². The molecule has 2 aromatic heterocycles. The van der Waals surface area contributed by atoms with Crippen molar-refractivity contribution in [1.82, 2.24) is 19.8 Å². The van der Waals surface area contributed by atoms with Crippen LogP contribution in [0.25, 0.3) is 0 Å². The number of nitrogens with zero attached hydrogens (tertiary/aromatic N) is 4. The Balaban J connectivity index is 1.44. The maximum Gasteiger partial charge on any atom is 0.322 e. The summed E-state index contributed by atoms with van der Waals surface area (Å²) in [6, 6.07) is 3.24. The average Bonchev–Trinajstić information content (AvgIpc) is 3.14. The van der Waals surface area contributed by atoms with Crippen LogP contribution < -0.4 is 5.32 Å². The minimum absolute atomic E-state index is 0.197. The van der Waals surface area contributed by atoms with E-state index in [-0.39, 0.29) is 30.8 Å². The third kappa shape index (κ3) is 3.69. The number of pyridine rings is 1. The summed E-state index contributed by atoms with van der Waals surface area (Å²) in [6.07, 6.45) is 4.46. The normalized spacial score (nSPS) is 22.3. The molecule has 1 N–H and O–H groups in total. The molecule has 0 bridgehead atoms. The van der Waals surface area contributed by atoms with Gasteiger partial charge in [-0.05, 0) is 19.1 Å². The Morgan fingerprint density at radius 1 is 1.18 bits per heavy atom. The minimum Gasteiger partial charge on any atom is -0.438 e. The lowest BCUT2D eigenvalue weighted by molar-refractivity contribution is -0.281. The SMILES string of the molecule is Cc1ncoc1C(=O)N1CCOC2(CN(C(=O)Nc3cccnc3)CCO2)C1. The lowest BCUT2D eigenvalue weighted by Gasteiger charge is -2.47. The fraction of sp³-hybridized carbons (Fsp3) is 0.444. The highest BCUT2D eigenvalue weighted by atomic mass is 16.7. The van der Waals surface area contributed by atoms with Crippen molar-refractivity contribution in [2.45, 2.75) is 12.7 Å². The van der Waals surface area contributed by atoms with E-state index in [0.29, 0.717) is 37.7 Å². The van der Waals surface area contributed by atoms with Gasteiger partial charge in [-0.15, -0.1) is 0 Å². The number of ether oxygens (including phenoxy) is 2. The summed E-state index contributed by atoms with van der Waals surface area (Å²) in [5, 5.41) is 2.81. The highest BCUT2D eigenvalue weighted by Gasteiger charge is 2.45. The largest absolute Gasteiger partial charge is 0.438 e. The fourth-order valence-corrected chi connectivity index (χ4v) is 3.33. The monoisotopic (exact) mass is 387 g/mol. The zero-order valence-corrected chi connectivity index (χ0v) is 15.5. The summed E-state index contributed by atoms with van der Waals surface area (Å²) >= 11 is 0. The Labute approximate surface area is 161 Å². The molecule has 4 rings (SSSR count). The van der Waals surface area contributed by atoms with E-state index in [1.165, 1.54) is 6.39 Å². The van der Waals surface area contributed by atoms with Crippen molar-refractivity contribution in [3.63, 3.8) is 0 Å². The van der Waals surface area contributed by atoms with Crippen LogP contribution in [0.2, 0.25) is 0 Å². The number of carbonyl (C=O) groups is 2. The van der Waals surface area contributed by atoms with Crippen molar-refractivity contribution < 1.29 is 23.5 Å². The second-order valence-electron chi connectivity index (χ2n) is 6.69. The van der Waals surface area contributed by atoms with E-state index < -0.39 is 5.79 Å². The van der Waals surface area contributed by atoms with E-state index in [1.54, 1.807) is 41.2 Å². The quantitative estimate of drug-likeness (QED) is 0.822. The number of amides is 3. The molecule has 148 valence electrons. The van der Waals surface area contributed by atoms with Crippen LogP contribution in [-0.4, -0.2) is 76.9 Å². The van der Waals surface area contributed by atoms with Crippen LogP contribution in [0.3, 0.4) is 0 Å². The Morgan fingerprint density at radius 2 is 1.93 bits per heavy atom. The molecule has 10 heteroatoms. The molecule has 0 aromatic carbocycles. The first-order valence-corrected chi connectivity index (χ1v) is 9.00. The Kier molecular flexibility index (Phi) is 4.97. The lowest BCUT2D eigenvalue weighted by atomic mass is 10.1. The van der Waals surface area contributed by atoms with Crippen LogP contribution in [0.15, 0.2) is 35.3 Å². The van der Waals surface area contributed by atoms with Crippen molar-refractivity contribution in [3.05, 3.63) is 42.4 Å². The number of morpholine rings is 2. The number of carbonyl (C=O) groups excluding carboxylic acids is 2. The second kappa shape index (κ2) is 7.56. The molecule has 0 aliphatic carbocycles. The third-order valence-corrected chi connectivity index (χ3v) is 4.74. The maximum absolute atomic E-state index is 12.7. The molecular weight excluding hydrogens is 366 g/mol. The lowest BCUT2D eigenvalue weighted by Crippen LogP contribution is -2.64. The first kappa shape index (κ1) is 18.4. The summed E-state index contributed by atoms with van der Waals surface area (Å²) in [6.45, 7) is 3.56. The van der Waals surface area contributed by atoms with Gasteiger partial charge in [0.15, 0.2) is 6.39 Å². The van der Waals surface area contributed by atoms with Gasteiger partial charge in [-0.3, -0.25) is 9.78 Å². The summed E-state index contributed by atoms with van der Waals surface area (Å²) in [7, 11) is 0. The van der Waals surface area contributed by atoms with E-state index in [1.807, 2.05) is 0 Å². The summed E-state index contributed by atoms with van der Waals surface area (Å²) in [5.74, 6) is -1.12. The van der Waals surface area contributed by atoms with Crippen molar-refractivity contribution in [1.29, 1.82) is 0 Å². The number of anilines is 1. The van der Waals surface area contributed by atoms with Crippen LogP contribution in [0.1, 0.15) is 16.2 Å². The first-order chi connectivity index (χ1) is 13.6. The van der Waals surface area contributed by atoms with Gasteiger partial charge in [0.25, 0.3) is 5.91 Å². The molecule has 2 saturated heterocycles. The van der Waals surface area contributed by atoms with E-state index in [0.717, 1.165) is 0 Å². The molecule has 2 aliphatic rings. The first-order valence-electron chi connectivity index (χ1n) is 9.00. The Hall–Kier alpha value is -2.98. The highest BCUT2D eigenvalue weighted by molar-refractivity contribution is 5.92. The second-order valence-corrected chi connectivity index (χ2v) is 6.69. The molecule has 0 radical (unpaired) electrons. The third-order valence-electron chi connectivity index (χ3n) is 4.74. The predicted molar refractivity (Wildman–Crippen MR) is 96.6 cm³/mol. The van der Waals surface area contributed by atoms with Gasteiger partial charge in [-0.2, -0.15) is 0 Å². The molecule has 1 spiro atoms. The Morgan fingerprint density at radius 3 is 2.61 bits per heavy atom. The number of aromatic nitrogens is 2. The van der Waals surface area contributed by atoms with Gasteiger partial charge in [0, 0.05) is 19.3 Å². The minimum atomic E-state index is -1.06. The number of rotatable bonds is 2. The Bertz CT molecular complexity index is 853. The molecule has 1 atom stereocenters. The van der Waals surface area contributed by atoms with E-state index in [4.69, 9.17) is 13.9 Å². The average molecular weight is 387 g/mol. The molecule has 10 nitrogen and oxygen atoms in total. The van der Waals surface area contributed by atoms with Crippen LogP contribution in [-0.2, 0) is 9.47 Å². The molecule has 1 unspecified atom stereocenters. The van der Waals surface area contributed by atoms with Gasteiger partial charge in [-0.1, -0.05) is 0 Å². The van der Waals surface area contributed by atoms with Gasteiger partial charge in [0.2, 0.25) is 11.5 Å². The number of oxazole rings is 1. The van der Waals surface area contributed by atoms with Crippen LogP contribution in [0, 0.1) is 6.92 Å². The number of hydrogen-bond donors (Lipinski definition) is 1. The molecule has 28 heavy (non-hydrogen) atoms. The fourth-order valence-electron chi connectivity index (χ4n) is 3.33. The smallest absolute Gasteiger partial charge is 0.322 e. The van der Waals surface area contributed by atoms with Gasteiger partial charge in [0.05, 0.1) is 43.9 Å². The standard InChI is InChI=1S/C18H21N5O5/c1-13-15(26-12-20-13)16(24)22-5-7-27-18(10-22)11-23(6-8-28-18)17(25)21-14-3-2-4-19-9-14/h2-4,9,12H,5-8,10-11H2,1H3,(H,21,25). The van der Waals surface area contributed by atoms with Gasteiger partial charge in [-0.25, -0.2) is 9.78 Å². The van der Waals surface area contributed by atoms with Gasteiger partial charge in [0.1, 0.15) is 0 Å².